The maximum absolute atomic E-state index is 12.7. The van der Waals surface area contributed by atoms with Gasteiger partial charge in [-0.3, -0.25) is 9.69 Å². The molecule has 2 aliphatic heterocycles. The van der Waals surface area contributed by atoms with E-state index in [0.717, 1.165) is 43.9 Å². The largest absolute Gasteiger partial charge is 0.368 e. The number of nitrogens with zero attached hydrogens (tertiary/aromatic N) is 3. The van der Waals surface area contributed by atoms with Crippen molar-refractivity contribution in [1.82, 2.24) is 25.1 Å². The molecule has 3 amide bonds. The Balaban J connectivity index is 1.61. The lowest BCUT2D eigenvalue weighted by Gasteiger charge is -2.48. The Morgan fingerprint density at radius 2 is 1.93 bits per heavy atom. The molecule has 27 heavy (non-hydrogen) atoms. The van der Waals surface area contributed by atoms with Crippen molar-refractivity contribution >= 4 is 11.9 Å². The number of piperidine rings is 2. The number of nitrogens with two attached hydrogens (primary N) is 1. The van der Waals surface area contributed by atoms with E-state index in [1.54, 1.807) is 11.1 Å². The third kappa shape index (κ3) is 4.10. The van der Waals surface area contributed by atoms with Crippen LogP contribution in [0.5, 0.6) is 0 Å². The molecular formula is C19H32N6O2. The van der Waals surface area contributed by atoms with Crippen molar-refractivity contribution in [2.45, 2.75) is 64.0 Å². The fourth-order valence-corrected chi connectivity index (χ4v) is 4.33. The van der Waals surface area contributed by atoms with E-state index in [1.165, 1.54) is 6.42 Å². The van der Waals surface area contributed by atoms with Gasteiger partial charge in [-0.05, 0) is 52.1 Å². The zero-order valence-electron chi connectivity index (χ0n) is 16.5. The fourth-order valence-electron chi connectivity index (χ4n) is 4.33. The lowest BCUT2D eigenvalue weighted by atomic mass is 9.83. The predicted molar refractivity (Wildman–Crippen MR) is 103 cm³/mol. The number of rotatable bonds is 5. The van der Waals surface area contributed by atoms with Gasteiger partial charge in [-0.2, -0.15) is 0 Å². The molecule has 0 spiro atoms. The van der Waals surface area contributed by atoms with Crippen molar-refractivity contribution in [3.63, 3.8) is 0 Å². The molecule has 0 unspecified atom stereocenters. The molecule has 2 saturated heterocycles. The molecule has 2 fully saturated rings. The number of hydrogen-bond acceptors (Lipinski definition) is 4. The summed E-state index contributed by atoms with van der Waals surface area (Å²) in [6.45, 7) is 6.89. The van der Waals surface area contributed by atoms with Crippen LogP contribution in [-0.4, -0.2) is 63.4 Å². The van der Waals surface area contributed by atoms with Crippen LogP contribution in [0.1, 0.15) is 63.0 Å². The predicted octanol–water partition coefficient (Wildman–Crippen LogP) is 1.68. The van der Waals surface area contributed by atoms with Gasteiger partial charge in [-0.15, -0.1) is 0 Å². The number of imidazole rings is 1. The van der Waals surface area contributed by atoms with Crippen LogP contribution in [-0.2, 0) is 4.79 Å². The molecule has 150 valence electrons. The number of primary amides is 1. The summed E-state index contributed by atoms with van der Waals surface area (Å²) in [6.07, 6.45) is 7.17. The van der Waals surface area contributed by atoms with Crippen LogP contribution in [0.25, 0.3) is 0 Å². The number of carbonyl (C=O) groups excluding carboxylic acids is 2. The normalized spacial score (nSPS) is 21.6. The molecule has 2 aliphatic rings. The number of urea groups is 1. The number of aromatic nitrogens is 2. The van der Waals surface area contributed by atoms with E-state index >= 15 is 0 Å². The molecule has 0 radical (unpaired) electrons. The van der Waals surface area contributed by atoms with Gasteiger partial charge in [0.05, 0.1) is 6.04 Å². The topological polar surface area (TPSA) is 107 Å². The number of likely N-dealkylation sites (tertiary alicyclic amines) is 2. The Morgan fingerprint density at radius 1 is 1.26 bits per heavy atom. The van der Waals surface area contributed by atoms with Crippen LogP contribution in [0.15, 0.2) is 6.20 Å². The molecular weight excluding hydrogens is 344 g/mol. The minimum absolute atomic E-state index is 0.104. The Hall–Kier alpha value is -2.09. The van der Waals surface area contributed by atoms with Gasteiger partial charge >= 0.3 is 6.03 Å². The molecule has 3 heterocycles. The van der Waals surface area contributed by atoms with E-state index in [0.29, 0.717) is 25.9 Å². The second-order valence-electron chi connectivity index (χ2n) is 7.79. The van der Waals surface area contributed by atoms with Gasteiger partial charge in [0, 0.05) is 25.0 Å². The van der Waals surface area contributed by atoms with Crippen LogP contribution in [0.4, 0.5) is 4.79 Å². The van der Waals surface area contributed by atoms with E-state index in [-0.39, 0.29) is 18.0 Å². The fraction of sp³-hybridized carbons (Fsp3) is 0.737. The average Bonchev–Trinajstić information content (AvgIpc) is 3.12. The second kappa shape index (κ2) is 8.29. The van der Waals surface area contributed by atoms with Gasteiger partial charge in [0.2, 0.25) is 5.91 Å². The minimum Gasteiger partial charge on any atom is -0.368 e. The Kier molecular flexibility index (Phi) is 6.04. The van der Waals surface area contributed by atoms with Crippen molar-refractivity contribution in [2.75, 3.05) is 26.2 Å². The molecule has 1 aromatic heterocycles. The van der Waals surface area contributed by atoms with Gasteiger partial charge in [0.1, 0.15) is 11.4 Å². The highest BCUT2D eigenvalue weighted by Gasteiger charge is 2.45. The molecule has 1 aromatic rings. The molecule has 4 N–H and O–H groups in total. The van der Waals surface area contributed by atoms with Gasteiger partial charge in [-0.1, -0.05) is 13.3 Å². The van der Waals surface area contributed by atoms with Gasteiger partial charge in [-0.25, -0.2) is 9.78 Å². The first kappa shape index (κ1) is 19.7. The van der Waals surface area contributed by atoms with Crippen LogP contribution in [0.2, 0.25) is 0 Å². The zero-order chi connectivity index (χ0) is 19.4. The summed E-state index contributed by atoms with van der Waals surface area (Å²) in [5.74, 6) is 0.530. The highest BCUT2D eigenvalue weighted by molar-refractivity contribution is 5.85. The summed E-state index contributed by atoms with van der Waals surface area (Å²) in [5, 5.41) is 3.07. The first-order chi connectivity index (χ1) is 13.0. The summed E-state index contributed by atoms with van der Waals surface area (Å²) in [6, 6.07) is -0.247. The highest BCUT2D eigenvalue weighted by Crippen LogP contribution is 2.31. The summed E-state index contributed by atoms with van der Waals surface area (Å²) in [4.78, 5) is 36.6. The molecule has 0 aromatic carbocycles. The van der Waals surface area contributed by atoms with Crippen molar-refractivity contribution in [2.24, 2.45) is 5.73 Å². The van der Waals surface area contributed by atoms with E-state index in [2.05, 4.69) is 20.2 Å². The molecule has 0 saturated carbocycles. The summed E-state index contributed by atoms with van der Waals surface area (Å²) in [7, 11) is 0. The third-order valence-corrected chi connectivity index (χ3v) is 6.06. The number of H-pyrrole nitrogens is 1. The van der Waals surface area contributed by atoms with Crippen molar-refractivity contribution in [3.8, 4) is 0 Å². The Morgan fingerprint density at radius 3 is 2.44 bits per heavy atom. The first-order valence-corrected chi connectivity index (χ1v) is 10.1. The summed E-state index contributed by atoms with van der Waals surface area (Å²) < 4.78 is 0. The van der Waals surface area contributed by atoms with Crippen molar-refractivity contribution < 1.29 is 9.59 Å². The van der Waals surface area contributed by atoms with Crippen molar-refractivity contribution in [1.29, 1.82) is 0 Å². The first-order valence-electron chi connectivity index (χ1n) is 10.1. The summed E-state index contributed by atoms with van der Waals surface area (Å²) >= 11 is 0. The second-order valence-corrected chi connectivity index (χ2v) is 7.79. The lowest BCUT2D eigenvalue weighted by Crippen LogP contribution is -2.64. The van der Waals surface area contributed by atoms with Crippen molar-refractivity contribution in [3.05, 3.63) is 17.7 Å². The van der Waals surface area contributed by atoms with Gasteiger partial charge < -0.3 is 20.9 Å². The lowest BCUT2D eigenvalue weighted by molar-refractivity contribution is -0.134. The molecule has 0 bridgehead atoms. The molecule has 8 nitrogen and oxygen atoms in total. The Labute approximate surface area is 160 Å². The Bertz CT molecular complexity index is 659. The van der Waals surface area contributed by atoms with Gasteiger partial charge in [0.15, 0.2) is 0 Å². The molecule has 3 rings (SSSR count). The van der Waals surface area contributed by atoms with Crippen LogP contribution in [0.3, 0.4) is 0 Å². The molecule has 0 aliphatic carbocycles. The minimum atomic E-state index is -0.598. The van der Waals surface area contributed by atoms with E-state index in [1.807, 2.05) is 13.8 Å². The third-order valence-electron chi connectivity index (χ3n) is 6.06. The number of aryl methyl sites for hydroxylation is 1. The zero-order valence-corrected chi connectivity index (χ0v) is 16.5. The number of carbonyl (C=O) groups is 2. The molecule has 1 atom stereocenters. The van der Waals surface area contributed by atoms with Gasteiger partial charge in [0.25, 0.3) is 0 Å². The van der Waals surface area contributed by atoms with E-state index in [4.69, 9.17) is 5.73 Å². The van der Waals surface area contributed by atoms with Crippen LogP contribution in [0, 0.1) is 6.92 Å². The smallest absolute Gasteiger partial charge is 0.317 e. The monoisotopic (exact) mass is 376 g/mol. The van der Waals surface area contributed by atoms with E-state index in [9.17, 15) is 9.59 Å². The maximum atomic E-state index is 12.7. The number of hydrogen-bond donors (Lipinski definition) is 3. The van der Waals surface area contributed by atoms with Crippen LogP contribution < -0.4 is 11.1 Å². The summed E-state index contributed by atoms with van der Waals surface area (Å²) in [5.41, 5.74) is 6.20. The quantitative estimate of drug-likeness (QED) is 0.727. The number of nitrogens with one attached hydrogen (secondary N) is 2. The maximum Gasteiger partial charge on any atom is 0.317 e. The average molecular weight is 377 g/mol. The SMILES string of the molecule is CC[C@H](NC(=O)N1CCC(C(N)=O)(N2CCCCC2)CC1)c1ncc(C)[nH]1. The van der Waals surface area contributed by atoms with Crippen LogP contribution >= 0.6 is 0 Å². The standard InChI is InChI=1S/C19H32N6O2/c1-3-15(16-21-13-14(2)22-16)23-18(27)24-11-7-19(8-12-24,17(20)26)25-9-5-4-6-10-25/h13,15H,3-12H2,1-2H3,(H2,20,26)(H,21,22)(H,23,27)/t15-/m0/s1. The highest BCUT2D eigenvalue weighted by atomic mass is 16.2. The van der Waals surface area contributed by atoms with E-state index < -0.39 is 5.54 Å². The molecule has 8 heteroatoms. The number of amides is 3. The number of aromatic amines is 1.